The number of nitrogens with one attached hydrogen (secondary N) is 1. The van der Waals surface area contributed by atoms with Crippen molar-refractivity contribution >= 4 is 33.2 Å². The summed E-state index contributed by atoms with van der Waals surface area (Å²) in [7, 11) is 0. The van der Waals surface area contributed by atoms with Crippen LogP contribution in [-0.4, -0.2) is 20.6 Å². The molecule has 3 rings (SSSR count). The number of hydrogen-bond donors (Lipinski definition) is 1. The summed E-state index contributed by atoms with van der Waals surface area (Å²) in [4.78, 5) is 23.0. The van der Waals surface area contributed by atoms with Crippen LogP contribution >= 0.6 is 15.9 Å². The standard InChI is InChI=1S/C19H17BrN4O4/c1-12-3-5-16(6-4-12)28-17-8-14(7-15(9-17)24(26)27)21-19(25)11-23-10-18(20)13(2)22-23/h3-10H,11H2,1-2H3,(H,21,25). The molecule has 0 aliphatic rings. The third-order valence-electron chi connectivity index (χ3n) is 3.83. The van der Waals surface area contributed by atoms with Crippen LogP contribution < -0.4 is 10.1 Å². The number of nitrogens with zero attached hydrogens (tertiary/aromatic N) is 3. The number of carbonyl (C=O) groups excluding carboxylic acids is 1. The lowest BCUT2D eigenvalue weighted by molar-refractivity contribution is -0.384. The van der Waals surface area contributed by atoms with Gasteiger partial charge in [0, 0.05) is 18.3 Å². The molecule has 1 heterocycles. The van der Waals surface area contributed by atoms with Gasteiger partial charge in [-0.3, -0.25) is 19.6 Å². The Morgan fingerprint density at radius 3 is 2.54 bits per heavy atom. The summed E-state index contributed by atoms with van der Waals surface area (Å²) in [5.41, 5.74) is 1.92. The predicted molar refractivity (Wildman–Crippen MR) is 108 cm³/mol. The number of hydrogen-bond acceptors (Lipinski definition) is 5. The highest BCUT2D eigenvalue weighted by Gasteiger charge is 2.14. The Kier molecular flexibility index (Phi) is 5.74. The van der Waals surface area contributed by atoms with Crippen molar-refractivity contribution in [2.24, 2.45) is 0 Å². The van der Waals surface area contributed by atoms with E-state index < -0.39 is 4.92 Å². The largest absolute Gasteiger partial charge is 0.457 e. The average molecular weight is 445 g/mol. The molecule has 0 fully saturated rings. The topological polar surface area (TPSA) is 99.3 Å². The minimum Gasteiger partial charge on any atom is -0.457 e. The summed E-state index contributed by atoms with van der Waals surface area (Å²) in [6, 6.07) is 11.4. The van der Waals surface area contributed by atoms with Crippen molar-refractivity contribution < 1.29 is 14.5 Å². The average Bonchev–Trinajstić information content (AvgIpc) is 2.93. The zero-order valence-corrected chi connectivity index (χ0v) is 16.8. The smallest absolute Gasteiger partial charge is 0.275 e. The number of amides is 1. The van der Waals surface area contributed by atoms with Gasteiger partial charge in [0.25, 0.3) is 5.69 Å². The van der Waals surface area contributed by atoms with Gasteiger partial charge in [-0.1, -0.05) is 17.7 Å². The molecule has 0 radical (unpaired) electrons. The van der Waals surface area contributed by atoms with Gasteiger partial charge in [-0.25, -0.2) is 0 Å². The fourth-order valence-corrected chi connectivity index (χ4v) is 2.80. The van der Waals surface area contributed by atoms with E-state index in [1.54, 1.807) is 18.3 Å². The van der Waals surface area contributed by atoms with Crippen LogP contribution in [0.5, 0.6) is 11.5 Å². The van der Waals surface area contributed by atoms with Gasteiger partial charge < -0.3 is 10.1 Å². The van der Waals surface area contributed by atoms with Crippen LogP contribution in [0.1, 0.15) is 11.3 Å². The summed E-state index contributed by atoms with van der Waals surface area (Å²) < 4.78 is 7.98. The molecular weight excluding hydrogens is 428 g/mol. The van der Waals surface area contributed by atoms with Gasteiger partial charge >= 0.3 is 0 Å². The predicted octanol–water partition coefficient (Wildman–Crippen LogP) is 4.60. The van der Waals surface area contributed by atoms with Gasteiger partial charge in [-0.2, -0.15) is 5.10 Å². The second-order valence-corrected chi connectivity index (χ2v) is 7.05. The Morgan fingerprint density at radius 2 is 1.93 bits per heavy atom. The summed E-state index contributed by atoms with van der Waals surface area (Å²) in [5.74, 6) is 0.433. The van der Waals surface area contributed by atoms with E-state index in [2.05, 4.69) is 26.3 Å². The third-order valence-corrected chi connectivity index (χ3v) is 4.61. The van der Waals surface area contributed by atoms with E-state index in [1.165, 1.54) is 22.9 Å². The molecule has 0 spiro atoms. The van der Waals surface area contributed by atoms with Crippen molar-refractivity contribution in [3.05, 3.63) is 74.5 Å². The molecule has 0 bridgehead atoms. The van der Waals surface area contributed by atoms with Gasteiger partial charge in [0.15, 0.2) is 0 Å². The fourth-order valence-electron chi connectivity index (χ4n) is 2.48. The number of ether oxygens (including phenoxy) is 1. The first-order valence-corrected chi connectivity index (χ1v) is 9.13. The van der Waals surface area contributed by atoms with Crippen LogP contribution in [0.2, 0.25) is 0 Å². The molecule has 144 valence electrons. The van der Waals surface area contributed by atoms with Crippen molar-refractivity contribution in [2.45, 2.75) is 20.4 Å². The van der Waals surface area contributed by atoms with Crippen molar-refractivity contribution in [3.63, 3.8) is 0 Å². The molecule has 1 aromatic heterocycles. The third kappa shape index (κ3) is 4.95. The molecule has 0 saturated heterocycles. The maximum Gasteiger partial charge on any atom is 0.275 e. The monoisotopic (exact) mass is 444 g/mol. The summed E-state index contributed by atoms with van der Waals surface area (Å²) in [6.07, 6.45) is 1.69. The fraction of sp³-hybridized carbons (Fsp3) is 0.158. The van der Waals surface area contributed by atoms with Gasteiger partial charge in [0.05, 0.1) is 26.8 Å². The van der Waals surface area contributed by atoms with Gasteiger partial charge in [-0.05, 0) is 41.9 Å². The Hall–Kier alpha value is -3.20. The number of rotatable bonds is 6. The second kappa shape index (κ2) is 8.22. The lowest BCUT2D eigenvalue weighted by Crippen LogP contribution is -2.19. The molecule has 28 heavy (non-hydrogen) atoms. The first kappa shape index (κ1) is 19.6. The van der Waals surface area contributed by atoms with Crippen molar-refractivity contribution in [3.8, 4) is 11.5 Å². The Bertz CT molecular complexity index is 1010. The van der Waals surface area contributed by atoms with E-state index in [0.717, 1.165) is 15.7 Å². The van der Waals surface area contributed by atoms with Crippen LogP contribution in [0.25, 0.3) is 0 Å². The lowest BCUT2D eigenvalue weighted by Gasteiger charge is -2.10. The number of nitro groups is 1. The molecular formula is C19H17BrN4O4. The highest BCUT2D eigenvalue weighted by atomic mass is 79.9. The zero-order chi connectivity index (χ0) is 20.3. The minimum absolute atomic E-state index is 0.0245. The molecule has 2 aromatic carbocycles. The normalized spacial score (nSPS) is 10.5. The van der Waals surface area contributed by atoms with E-state index in [4.69, 9.17) is 4.74 Å². The molecule has 3 aromatic rings. The molecule has 8 nitrogen and oxygen atoms in total. The number of aryl methyl sites for hydroxylation is 2. The van der Waals surface area contributed by atoms with Crippen LogP contribution in [-0.2, 0) is 11.3 Å². The van der Waals surface area contributed by atoms with Gasteiger partial charge in [0.2, 0.25) is 5.91 Å². The first-order valence-electron chi connectivity index (χ1n) is 8.33. The molecule has 0 atom stereocenters. The number of nitro benzene ring substituents is 1. The van der Waals surface area contributed by atoms with E-state index >= 15 is 0 Å². The van der Waals surface area contributed by atoms with Gasteiger partial charge in [-0.15, -0.1) is 0 Å². The van der Waals surface area contributed by atoms with E-state index in [-0.39, 0.29) is 29.6 Å². The summed E-state index contributed by atoms with van der Waals surface area (Å²) in [5, 5.41) is 18.1. The number of benzene rings is 2. The van der Waals surface area contributed by atoms with Crippen LogP contribution in [0.4, 0.5) is 11.4 Å². The number of non-ortho nitro benzene ring substituents is 1. The quantitative estimate of drug-likeness (QED) is 0.442. The lowest BCUT2D eigenvalue weighted by atomic mass is 10.2. The Morgan fingerprint density at radius 1 is 1.21 bits per heavy atom. The molecule has 0 unspecified atom stereocenters. The first-order chi connectivity index (χ1) is 13.3. The number of anilines is 1. The van der Waals surface area contributed by atoms with Gasteiger partial charge in [0.1, 0.15) is 18.0 Å². The molecule has 9 heteroatoms. The van der Waals surface area contributed by atoms with E-state index in [1.807, 2.05) is 26.0 Å². The Balaban J connectivity index is 1.79. The minimum atomic E-state index is -0.536. The molecule has 0 aliphatic carbocycles. The van der Waals surface area contributed by atoms with Crippen molar-refractivity contribution in [1.82, 2.24) is 9.78 Å². The SMILES string of the molecule is Cc1ccc(Oc2cc(NC(=O)Cn3cc(Br)c(C)n3)cc([N+](=O)[O-])c2)cc1. The van der Waals surface area contributed by atoms with Crippen molar-refractivity contribution in [1.29, 1.82) is 0 Å². The van der Waals surface area contributed by atoms with E-state index in [9.17, 15) is 14.9 Å². The van der Waals surface area contributed by atoms with Crippen LogP contribution in [0.3, 0.4) is 0 Å². The molecule has 0 aliphatic heterocycles. The maximum absolute atomic E-state index is 12.3. The zero-order valence-electron chi connectivity index (χ0n) is 15.2. The second-order valence-electron chi connectivity index (χ2n) is 6.20. The van der Waals surface area contributed by atoms with Crippen LogP contribution in [0.15, 0.2) is 53.1 Å². The molecule has 0 saturated carbocycles. The number of aromatic nitrogens is 2. The molecule has 1 N–H and O–H groups in total. The Labute approximate surface area is 169 Å². The van der Waals surface area contributed by atoms with E-state index in [0.29, 0.717) is 5.75 Å². The number of halogens is 1. The number of carbonyl (C=O) groups is 1. The highest BCUT2D eigenvalue weighted by molar-refractivity contribution is 9.10. The summed E-state index contributed by atoms with van der Waals surface area (Å²) in [6.45, 7) is 3.74. The van der Waals surface area contributed by atoms with Crippen LogP contribution in [0, 0.1) is 24.0 Å². The van der Waals surface area contributed by atoms with Crippen molar-refractivity contribution in [2.75, 3.05) is 5.32 Å². The highest BCUT2D eigenvalue weighted by Crippen LogP contribution is 2.30. The summed E-state index contributed by atoms with van der Waals surface area (Å²) >= 11 is 3.34. The maximum atomic E-state index is 12.3. The molecule has 1 amide bonds.